The van der Waals surface area contributed by atoms with Crippen molar-refractivity contribution in [1.82, 2.24) is 4.98 Å². The van der Waals surface area contributed by atoms with E-state index >= 15 is 0 Å². The fourth-order valence-electron chi connectivity index (χ4n) is 0.918. The van der Waals surface area contributed by atoms with Crippen LogP contribution in [0.25, 0.3) is 0 Å². The molecule has 0 spiro atoms. The van der Waals surface area contributed by atoms with Crippen LogP contribution in [0.4, 0.5) is 5.82 Å². The third kappa shape index (κ3) is 5.36. The molecule has 2 nitrogen and oxygen atoms in total. The molecule has 0 saturated carbocycles. The molecular formula is C8H12Cl2CoN2. The molecule has 0 aliphatic rings. The van der Waals surface area contributed by atoms with Crippen LogP contribution in [0.2, 0.25) is 0 Å². The van der Waals surface area contributed by atoms with Crippen molar-refractivity contribution in [1.29, 1.82) is 0 Å². The van der Waals surface area contributed by atoms with Gasteiger partial charge in [-0.2, -0.15) is 0 Å². The first-order chi connectivity index (χ1) is 6.13. The number of nitrogens with zero attached hydrogens (tertiary/aromatic N) is 1. The van der Waals surface area contributed by atoms with Gasteiger partial charge in [0.15, 0.2) is 0 Å². The SMILES string of the molecule is CC(C)c1cccnc1N.[Cl][Co][Cl]. The van der Waals surface area contributed by atoms with E-state index in [9.17, 15) is 0 Å². The van der Waals surface area contributed by atoms with Crippen molar-refractivity contribution < 1.29 is 12.9 Å². The summed E-state index contributed by atoms with van der Waals surface area (Å²) < 4.78 is 0. The van der Waals surface area contributed by atoms with E-state index < -0.39 is 0 Å². The minimum absolute atomic E-state index is 0.382. The molecule has 0 saturated heterocycles. The second-order valence-corrected chi connectivity index (χ2v) is 4.40. The number of rotatable bonds is 1. The molecule has 5 heteroatoms. The van der Waals surface area contributed by atoms with E-state index in [1.165, 1.54) is 0 Å². The predicted molar refractivity (Wildman–Crippen MR) is 54.4 cm³/mol. The van der Waals surface area contributed by atoms with Gasteiger partial charge in [-0.05, 0) is 17.5 Å². The molecule has 1 rings (SSSR count). The van der Waals surface area contributed by atoms with E-state index in [1.54, 1.807) is 6.20 Å². The number of hydrogen-bond donors (Lipinski definition) is 1. The fourth-order valence-corrected chi connectivity index (χ4v) is 0.918. The molecule has 13 heavy (non-hydrogen) atoms. The summed E-state index contributed by atoms with van der Waals surface area (Å²) in [6.45, 7) is 4.21. The van der Waals surface area contributed by atoms with Crippen LogP contribution in [0, 0.1) is 0 Å². The summed E-state index contributed by atoms with van der Waals surface area (Å²) in [4.78, 5) is 3.98. The Morgan fingerprint density at radius 3 is 2.31 bits per heavy atom. The normalized spacial score (nSPS) is 9.62. The van der Waals surface area contributed by atoms with Crippen LogP contribution in [-0.4, -0.2) is 4.98 Å². The number of pyridine rings is 1. The summed E-state index contributed by atoms with van der Waals surface area (Å²) in [5.74, 6) is 1.12. The molecule has 1 heterocycles. The van der Waals surface area contributed by atoms with Crippen LogP contribution in [0.1, 0.15) is 25.3 Å². The third-order valence-electron chi connectivity index (χ3n) is 1.49. The van der Waals surface area contributed by atoms with E-state index in [-0.39, 0.29) is 0 Å². The topological polar surface area (TPSA) is 38.9 Å². The van der Waals surface area contributed by atoms with Crippen molar-refractivity contribution in [3.63, 3.8) is 0 Å². The number of nitrogen functional groups attached to an aromatic ring is 1. The summed E-state index contributed by atoms with van der Waals surface area (Å²) in [7, 11) is 9.47. The van der Waals surface area contributed by atoms with Crippen LogP contribution >= 0.6 is 20.3 Å². The number of aromatic nitrogens is 1. The number of anilines is 1. The number of nitrogens with two attached hydrogens (primary N) is 1. The van der Waals surface area contributed by atoms with Gasteiger partial charge in [0.25, 0.3) is 0 Å². The molecule has 1 aromatic rings. The van der Waals surface area contributed by atoms with E-state index in [2.05, 4.69) is 18.8 Å². The van der Waals surface area contributed by atoms with Crippen molar-refractivity contribution in [2.24, 2.45) is 0 Å². The van der Waals surface area contributed by atoms with E-state index in [0.717, 1.165) is 5.56 Å². The Morgan fingerprint density at radius 1 is 1.46 bits per heavy atom. The Bertz CT molecular complexity index is 243. The minimum atomic E-state index is 0.382. The van der Waals surface area contributed by atoms with Gasteiger partial charge in [0.2, 0.25) is 0 Å². The zero-order valence-electron chi connectivity index (χ0n) is 7.42. The van der Waals surface area contributed by atoms with Gasteiger partial charge in [-0.15, -0.1) is 0 Å². The molecule has 0 bridgehead atoms. The molecule has 2 N–H and O–H groups in total. The van der Waals surface area contributed by atoms with E-state index in [4.69, 9.17) is 26.0 Å². The van der Waals surface area contributed by atoms with E-state index in [1.807, 2.05) is 12.1 Å². The molecule has 0 aliphatic carbocycles. The maximum absolute atomic E-state index is 5.61. The second-order valence-electron chi connectivity index (χ2n) is 2.68. The van der Waals surface area contributed by atoms with Crippen LogP contribution in [0.5, 0.6) is 0 Å². The van der Waals surface area contributed by atoms with Gasteiger partial charge >= 0.3 is 33.2 Å². The molecule has 0 aliphatic heterocycles. The average Bonchev–Trinajstić information content (AvgIpc) is 2.06. The Labute approximate surface area is 93.3 Å². The first kappa shape index (κ1) is 13.0. The number of hydrogen-bond acceptors (Lipinski definition) is 2. The average molecular weight is 266 g/mol. The summed E-state index contributed by atoms with van der Waals surface area (Å²) in [5.41, 5.74) is 6.74. The molecule has 1 aromatic heterocycles. The Morgan fingerprint density at radius 2 is 2.00 bits per heavy atom. The van der Waals surface area contributed by atoms with Crippen molar-refractivity contribution in [2.45, 2.75) is 19.8 Å². The van der Waals surface area contributed by atoms with Gasteiger partial charge in [-0.1, -0.05) is 19.9 Å². The van der Waals surface area contributed by atoms with Crippen molar-refractivity contribution >= 4 is 26.1 Å². The molecular weight excluding hydrogens is 254 g/mol. The molecule has 0 fully saturated rings. The van der Waals surface area contributed by atoms with Crippen LogP contribution in [-0.2, 0) is 12.9 Å². The van der Waals surface area contributed by atoms with Gasteiger partial charge in [0.05, 0.1) is 0 Å². The Kier molecular flexibility index (Phi) is 7.46. The maximum atomic E-state index is 5.61. The summed E-state index contributed by atoms with van der Waals surface area (Å²) in [6, 6.07) is 3.92. The molecule has 0 atom stereocenters. The monoisotopic (exact) mass is 265 g/mol. The fraction of sp³-hybridized carbons (Fsp3) is 0.375. The summed E-state index contributed by atoms with van der Waals surface area (Å²) >= 11 is 0.382. The van der Waals surface area contributed by atoms with Crippen molar-refractivity contribution in [2.75, 3.05) is 5.73 Å². The van der Waals surface area contributed by atoms with Crippen molar-refractivity contribution in [3.8, 4) is 0 Å². The quantitative estimate of drug-likeness (QED) is 0.847. The first-order valence-corrected chi connectivity index (χ1v) is 6.54. The van der Waals surface area contributed by atoms with Gasteiger partial charge in [-0.3, -0.25) is 0 Å². The molecule has 0 amide bonds. The van der Waals surface area contributed by atoms with Gasteiger partial charge in [-0.25, -0.2) is 4.98 Å². The Balaban J connectivity index is 0.000000424. The van der Waals surface area contributed by atoms with E-state index in [0.29, 0.717) is 24.6 Å². The standard InChI is InChI=1S/C8H12N2.2ClH.Co/c1-6(2)7-4-3-5-10-8(7)9;;;/h3-6H,1-2H3,(H2,9,10);2*1H;/q;;;+2/p-2. The molecule has 77 valence electrons. The van der Waals surface area contributed by atoms with Crippen LogP contribution in [0.15, 0.2) is 18.3 Å². The summed E-state index contributed by atoms with van der Waals surface area (Å²) in [6.07, 6.45) is 1.71. The van der Waals surface area contributed by atoms with Gasteiger partial charge in [0.1, 0.15) is 5.82 Å². The predicted octanol–water partition coefficient (Wildman–Crippen LogP) is 3.16. The van der Waals surface area contributed by atoms with Crippen LogP contribution in [0.3, 0.4) is 0 Å². The van der Waals surface area contributed by atoms with Crippen molar-refractivity contribution in [3.05, 3.63) is 23.9 Å². The number of halogens is 2. The Hall–Kier alpha value is 0.0365. The van der Waals surface area contributed by atoms with Crippen LogP contribution < -0.4 is 5.73 Å². The zero-order valence-corrected chi connectivity index (χ0v) is 9.98. The third-order valence-corrected chi connectivity index (χ3v) is 1.49. The first-order valence-electron chi connectivity index (χ1n) is 3.67. The second kappa shape index (κ2) is 7.44. The summed E-state index contributed by atoms with van der Waals surface area (Å²) in [5, 5.41) is 0. The molecule has 0 unspecified atom stereocenters. The van der Waals surface area contributed by atoms with Gasteiger partial charge in [0, 0.05) is 6.20 Å². The van der Waals surface area contributed by atoms with Gasteiger partial charge < -0.3 is 5.73 Å². The molecule has 0 aromatic carbocycles. The molecule has 0 radical (unpaired) electrons. The zero-order chi connectivity index (χ0) is 10.3.